The van der Waals surface area contributed by atoms with Crippen molar-refractivity contribution in [3.05, 3.63) is 105 Å². The lowest BCUT2D eigenvalue weighted by Gasteiger charge is -2.09. The van der Waals surface area contributed by atoms with Gasteiger partial charge < -0.3 is 14.1 Å². The van der Waals surface area contributed by atoms with Gasteiger partial charge in [-0.05, 0) is 35.2 Å². The van der Waals surface area contributed by atoms with E-state index in [4.69, 9.17) is 9.15 Å². The third-order valence-electron chi connectivity index (χ3n) is 4.89. The van der Waals surface area contributed by atoms with E-state index in [1.54, 1.807) is 30.3 Å². The number of benzene rings is 2. The van der Waals surface area contributed by atoms with Crippen LogP contribution in [0.5, 0.6) is 0 Å². The molecule has 32 heavy (non-hydrogen) atoms. The van der Waals surface area contributed by atoms with Crippen molar-refractivity contribution < 1.29 is 13.9 Å². The zero-order valence-corrected chi connectivity index (χ0v) is 17.6. The van der Waals surface area contributed by atoms with Gasteiger partial charge in [0, 0.05) is 6.42 Å². The number of hydrogen-bond donors (Lipinski definition) is 1. The number of hydrogen-bond acceptors (Lipinski definition) is 7. The minimum Gasteiger partial charge on any atom is -0.455 e. The Kier molecular flexibility index (Phi) is 5.35. The summed E-state index contributed by atoms with van der Waals surface area (Å²) in [5, 5.41) is 2.46. The Labute approximate surface area is 186 Å². The lowest BCUT2D eigenvalue weighted by Crippen LogP contribution is -2.14. The number of esters is 1. The summed E-state index contributed by atoms with van der Waals surface area (Å²) >= 11 is 1.52. The van der Waals surface area contributed by atoms with Crippen molar-refractivity contribution >= 4 is 28.2 Å². The fourth-order valence-corrected chi connectivity index (χ4v) is 4.03. The predicted molar refractivity (Wildman–Crippen MR) is 121 cm³/mol. The molecular weight excluding hydrogens is 426 g/mol. The Morgan fingerprint density at radius 3 is 2.75 bits per heavy atom. The van der Waals surface area contributed by atoms with E-state index in [2.05, 4.69) is 15.0 Å². The third kappa shape index (κ3) is 4.08. The van der Waals surface area contributed by atoms with Gasteiger partial charge in [0.05, 0.1) is 21.3 Å². The molecule has 0 aliphatic heterocycles. The molecule has 0 amide bonds. The van der Waals surface area contributed by atoms with Crippen LogP contribution >= 0.6 is 11.3 Å². The Morgan fingerprint density at radius 1 is 1.03 bits per heavy atom. The summed E-state index contributed by atoms with van der Waals surface area (Å²) in [5.41, 5.74) is 2.04. The molecule has 158 valence electrons. The van der Waals surface area contributed by atoms with E-state index in [0.29, 0.717) is 39.4 Å². The smallest absolute Gasteiger partial charge is 0.338 e. The molecule has 0 saturated heterocycles. The topological polar surface area (TPSA) is 98.1 Å². The number of carbonyl (C=O) groups is 1. The monoisotopic (exact) mass is 443 g/mol. The summed E-state index contributed by atoms with van der Waals surface area (Å²) < 4.78 is 10.9. The van der Waals surface area contributed by atoms with Crippen molar-refractivity contribution in [3.63, 3.8) is 0 Å². The van der Waals surface area contributed by atoms with Crippen molar-refractivity contribution in [1.82, 2.24) is 15.0 Å². The molecule has 0 bridgehead atoms. The second kappa shape index (κ2) is 8.60. The van der Waals surface area contributed by atoms with E-state index >= 15 is 0 Å². The number of carbonyl (C=O) groups excluding carboxylic acids is 1. The average molecular weight is 443 g/mol. The van der Waals surface area contributed by atoms with Crippen LogP contribution in [0.1, 0.15) is 27.4 Å². The molecule has 0 spiro atoms. The zero-order chi connectivity index (χ0) is 21.9. The maximum atomic E-state index is 12.8. The van der Waals surface area contributed by atoms with E-state index in [1.165, 1.54) is 17.6 Å². The van der Waals surface area contributed by atoms with Crippen LogP contribution in [0.2, 0.25) is 0 Å². The summed E-state index contributed by atoms with van der Waals surface area (Å²) in [6.07, 6.45) is 1.77. The maximum Gasteiger partial charge on any atom is 0.338 e. The largest absolute Gasteiger partial charge is 0.455 e. The first-order valence-electron chi connectivity index (χ1n) is 9.88. The van der Waals surface area contributed by atoms with Crippen LogP contribution in [0.3, 0.4) is 0 Å². The van der Waals surface area contributed by atoms with Crippen LogP contribution < -0.4 is 5.56 Å². The van der Waals surface area contributed by atoms with Crippen molar-refractivity contribution in [3.8, 4) is 10.8 Å². The fraction of sp³-hybridized carbons (Fsp3) is 0.0833. The molecule has 0 unspecified atom stereocenters. The van der Waals surface area contributed by atoms with Crippen LogP contribution in [0.4, 0.5) is 0 Å². The lowest BCUT2D eigenvalue weighted by atomic mass is 10.0. The Bertz CT molecular complexity index is 1450. The number of oxazole rings is 1. The molecule has 0 aliphatic rings. The summed E-state index contributed by atoms with van der Waals surface area (Å²) in [6, 6.07) is 18.1. The van der Waals surface area contributed by atoms with Gasteiger partial charge in [-0.15, -0.1) is 11.3 Å². The first-order chi connectivity index (χ1) is 15.7. The van der Waals surface area contributed by atoms with Gasteiger partial charge in [-0.2, -0.15) is 0 Å². The highest BCUT2D eigenvalue weighted by Gasteiger charge is 2.16. The van der Waals surface area contributed by atoms with Gasteiger partial charge in [-0.3, -0.25) is 4.79 Å². The quantitative estimate of drug-likeness (QED) is 0.386. The van der Waals surface area contributed by atoms with Crippen molar-refractivity contribution in [2.45, 2.75) is 13.0 Å². The maximum absolute atomic E-state index is 12.8. The molecule has 0 atom stereocenters. The molecule has 3 aromatic heterocycles. The minimum absolute atomic E-state index is 0.00684. The Balaban J connectivity index is 1.33. The van der Waals surface area contributed by atoms with Crippen LogP contribution in [-0.2, 0) is 17.8 Å². The standard InChI is InChI=1S/C24H17N3O4S/c28-22-18-8-3-4-9-19(18)26-21(27-22)12-15-6-1-2-7-17(15)24(29)31-14-16-13-30-23(25-16)20-10-5-11-32-20/h1-11,13H,12,14H2,(H,26,27,28). The summed E-state index contributed by atoms with van der Waals surface area (Å²) in [4.78, 5) is 37.7. The van der Waals surface area contributed by atoms with E-state index in [0.717, 1.165) is 4.88 Å². The number of H-pyrrole nitrogens is 1. The van der Waals surface area contributed by atoms with Gasteiger partial charge in [0.1, 0.15) is 24.4 Å². The molecular formula is C24H17N3O4S. The van der Waals surface area contributed by atoms with Crippen LogP contribution in [-0.4, -0.2) is 20.9 Å². The highest BCUT2D eigenvalue weighted by molar-refractivity contribution is 7.13. The van der Waals surface area contributed by atoms with E-state index in [-0.39, 0.29) is 18.6 Å². The van der Waals surface area contributed by atoms with Gasteiger partial charge >= 0.3 is 5.97 Å². The predicted octanol–water partition coefficient (Wildman–Crippen LogP) is 4.59. The molecule has 0 saturated carbocycles. The second-order valence-electron chi connectivity index (χ2n) is 7.06. The molecule has 0 radical (unpaired) electrons. The molecule has 5 aromatic rings. The number of aromatic nitrogens is 3. The fourth-order valence-electron chi connectivity index (χ4n) is 3.38. The van der Waals surface area contributed by atoms with Gasteiger partial charge in [-0.25, -0.2) is 14.8 Å². The Hall–Kier alpha value is -4.04. The summed E-state index contributed by atoms with van der Waals surface area (Å²) in [5.74, 6) is 0.494. The molecule has 8 heteroatoms. The molecule has 1 N–H and O–H groups in total. The van der Waals surface area contributed by atoms with Gasteiger partial charge in [0.2, 0.25) is 5.89 Å². The molecule has 7 nitrogen and oxygen atoms in total. The van der Waals surface area contributed by atoms with Crippen LogP contribution in [0, 0.1) is 0 Å². The summed E-state index contributed by atoms with van der Waals surface area (Å²) in [6.45, 7) is -0.00684. The number of nitrogens with zero attached hydrogens (tertiary/aromatic N) is 2. The minimum atomic E-state index is -0.482. The third-order valence-corrected chi connectivity index (χ3v) is 5.75. The first kappa shape index (κ1) is 19.9. The zero-order valence-electron chi connectivity index (χ0n) is 16.8. The van der Waals surface area contributed by atoms with Gasteiger partial charge in [0.15, 0.2) is 0 Å². The molecule has 0 aliphatic carbocycles. The number of nitrogens with one attached hydrogen (secondary N) is 1. The number of ether oxygens (including phenoxy) is 1. The van der Waals surface area contributed by atoms with E-state index in [1.807, 2.05) is 35.7 Å². The van der Waals surface area contributed by atoms with Crippen molar-refractivity contribution in [1.29, 1.82) is 0 Å². The summed E-state index contributed by atoms with van der Waals surface area (Å²) in [7, 11) is 0. The molecule has 0 fully saturated rings. The first-order valence-corrected chi connectivity index (χ1v) is 10.8. The molecule has 2 aromatic carbocycles. The average Bonchev–Trinajstić information content (AvgIpc) is 3.50. The van der Waals surface area contributed by atoms with Gasteiger partial charge in [0.25, 0.3) is 5.56 Å². The van der Waals surface area contributed by atoms with E-state index in [9.17, 15) is 9.59 Å². The van der Waals surface area contributed by atoms with Crippen molar-refractivity contribution in [2.24, 2.45) is 0 Å². The van der Waals surface area contributed by atoms with Crippen LogP contribution in [0.25, 0.3) is 21.7 Å². The lowest BCUT2D eigenvalue weighted by molar-refractivity contribution is 0.0466. The number of thiophene rings is 1. The van der Waals surface area contributed by atoms with Gasteiger partial charge in [-0.1, -0.05) is 36.4 Å². The van der Waals surface area contributed by atoms with Crippen molar-refractivity contribution in [2.75, 3.05) is 0 Å². The van der Waals surface area contributed by atoms with Crippen LogP contribution in [0.15, 0.2) is 81.5 Å². The SMILES string of the molecule is O=C(OCc1coc(-c2cccs2)n1)c1ccccc1Cc1nc2ccccc2c(=O)[nH]1. The Morgan fingerprint density at radius 2 is 1.88 bits per heavy atom. The molecule has 3 heterocycles. The highest BCUT2D eigenvalue weighted by atomic mass is 32.1. The number of para-hydroxylation sites is 1. The number of aromatic amines is 1. The second-order valence-corrected chi connectivity index (χ2v) is 8.01. The van der Waals surface area contributed by atoms with E-state index < -0.39 is 5.97 Å². The normalized spacial score (nSPS) is 11.0. The number of rotatable bonds is 6. The highest BCUT2D eigenvalue weighted by Crippen LogP contribution is 2.24. The molecule has 5 rings (SSSR count). The number of fused-ring (bicyclic) bond motifs is 1.